The van der Waals surface area contributed by atoms with Crippen molar-refractivity contribution in [1.29, 1.82) is 0 Å². The van der Waals surface area contributed by atoms with Gasteiger partial charge in [0.2, 0.25) is 0 Å². The molecule has 2 aromatic rings. The number of pyridine rings is 1. The zero-order valence-electron chi connectivity index (χ0n) is 11.4. The number of halogens is 3. The minimum absolute atomic E-state index is 0.0775. The molecule has 3 nitrogen and oxygen atoms in total. The van der Waals surface area contributed by atoms with Crippen molar-refractivity contribution in [3.8, 4) is 0 Å². The number of alkyl halides is 3. The average molecular weight is 327 g/mol. The van der Waals surface area contributed by atoms with Gasteiger partial charge in [-0.15, -0.1) is 0 Å². The van der Waals surface area contributed by atoms with Gasteiger partial charge in [0.15, 0.2) is 0 Å². The van der Waals surface area contributed by atoms with E-state index in [1.807, 2.05) is 0 Å². The first-order valence-corrected chi connectivity index (χ1v) is 7.53. The minimum Gasteiger partial charge on any atom is -0.386 e. The number of hydrogen-bond acceptors (Lipinski definition) is 4. The summed E-state index contributed by atoms with van der Waals surface area (Å²) in [7, 11) is 0. The summed E-state index contributed by atoms with van der Waals surface area (Å²) in [5.41, 5.74) is -0.321. The molecule has 1 saturated carbocycles. The fraction of sp³-hybridized carbons (Fsp3) is 0.333. The molecule has 1 fully saturated rings. The van der Waals surface area contributed by atoms with Crippen molar-refractivity contribution in [3.63, 3.8) is 0 Å². The van der Waals surface area contributed by atoms with Crippen LogP contribution in [0.4, 0.5) is 13.2 Å². The number of carbonyl (C=O) groups is 1. The predicted octanol–water partition coefficient (Wildman–Crippen LogP) is 4.60. The van der Waals surface area contributed by atoms with Crippen molar-refractivity contribution < 1.29 is 22.1 Å². The van der Waals surface area contributed by atoms with Crippen molar-refractivity contribution in [2.45, 2.75) is 30.3 Å². The molecular formula is C15H12F3NO2S. The first kappa shape index (κ1) is 15.1. The SMILES string of the molecule is O=C(OSc1ccnc2ccc(C(F)(F)F)cc12)C1CCC1. The molecule has 1 heterocycles. The smallest absolute Gasteiger partial charge is 0.386 e. The monoisotopic (exact) mass is 327 g/mol. The Balaban J connectivity index is 1.86. The third kappa shape index (κ3) is 3.04. The van der Waals surface area contributed by atoms with E-state index in [9.17, 15) is 18.0 Å². The minimum atomic E-state index is -4.42. The van der Waals surface area contributed by atoms with Crippen LogP contribution in [0, 0.1) is 5.92 Å². The Morgan fingerprint density at radius 1 is 1.27 bits per heavy atom. The second-order valence-electron chi connectivity index (χ2n) is 5.15. The molecule has 7 heteroatoms. The lowest BCUT2D eigenvalue weighted by molar-refractivity contribution is -0.140. The highest BCUT2D eigenvalue weighted by atomic mass is 32.2. The molecule has 0 amide bonds. The Kier molecular flexibility index (Phi) is 3.99. The molecule has 0 aliphatic heterocycles. The number of aromatic nitrogens is 1. The van der Waals surface area contributed by atoms with Crippen LogP contribution in [0.25, 0.3) is 10.9 Å². The molecule has 0 unspecified atom stereocenters. The van der Waals surface area contributed by atoms with Gasteiger partial charge < -0.3 is 4.18 Å². The number of benzene rings is 1. The summed E-state index contributed by atoms with van der Waals surface area (Å²) in [4.78, 5) is 16.2. The lowest BCUT2D eigenvalue weighted by Gasteiger charge is -2.22. The first-order chi connectivity index (χ1) is 10.4. The summed E-state index contributed by atoms with van der Waals surface area (Å²) in [6.45, 7) is 0. The van der Waals surface area contributed by atoms with Crippen LogP contribution in [-0.2, 0) is 15.2 Å². The van der Waals surface area contributed by atoms with Gasteiger partial charge >= 0.3 is 12.1 Å². The molecule has 3 rings (SSSR count). The van der Waals surface area contributed by atoms with Crippen LogP contribution >= 0.6 is 12.0 Å². The number of rotatable bonds is 3. The van der Waals surface area contributed by atoms with Gasteiger partial charge in [0, 0.05) is 11.6 Å². The molecule has 1 aromatic carbocycles. The van der Waals surface area contributed by atoms with Crippen LogP contribution in [0.15, 0.2) is 35.4 Å². The Morgan fingerprint density at radius 3 is 2.68 bits per heavy atom. The van der Waals surface area contributed by atoms with E-state index in [4.69, 9.17) is 4.18 Å². The van der Waals surface area contributed by atoms with E-state index in [1.165, 1.54) is 12.3 Å². The molecule has 1 aliphatic carbocycles. The van der Waals surface area contributed by atoms with Crippen molar-refractivity contribution in [2.24, 2.45) is 5.92 Å². The van der Waals surface area contributed by atoms with Gasteiger partial charge in [0.25, 0.3) is 0 Å². The van der Waals surface area contributed by atoms with E-state index in [2.05, 4.69) is 4.98 Å². The summed E-state index contributed by atoms with van der Waals surface area (Å²) < 4.78 is 43.6. The van der Waals surface area contributed by atoms with Crippen LogP contribution in [0.1, 0.15) is 24.8 Å². The summed E-state index contributed by atoms with van der Waals surface area (Å²) in [5.74, 6) is -0.389. The highest BCUT2D eigenvalue weighted by molar-refractivity contribution is 7.95. The molecule has 1 aromatic heterocycles. The lowest BCUT2D eigenvalue weighted by atomic mass is 9.86. The molecule has 0 bridgehead atoms. The molecule has 0 saturated heterocycles. The normalized spacial score (nSPS) is 15.6. The summed E-state index contributed by atoms with van der Waals surface area (Å²) >= 11 is 0.798. The zero-order valence-corrected chi connectivity index (χ0v) is 12.2. The van der Waals surface area contributed by atoms with Crippen molar-refractivity contribution in [2.75, 3.05) is 0 Å². The zero-order chi connectivity index (χ0) is 15.7. The Morgan fingerprint density at radius 2 is 2.05 bits per heavy atom. The maximum atomic E-state index is 12.8. The molecule has 0 N–H and O–H groups in total. The van der Waals surface area contributed by atoms with Crippen LogP contribution in [-0.4, -0.2) is 11.0 Å². The fourth-order valence-corrected chi connectivity index (χ4v) is 2.85. The van der Waals surface area contributed by atoms with E-state index >= 15 is 0 Å². The van der Waals surface area contributed by atoms with Gasteiger partial charge in [-0.25, -0.2) is 0 Å². The number of carbonyl (C=O) groups excluding carboxylic acids is 1. The third-order valence-corrected chi connectivity index (χ3v) is 4.46. The molecule has 0 radical (unpaired) electrons. The van der Waals surface area contributed by atoms with E-state index in [1.54, 1.807) is 6.07 Å². The molecule has 116 valence electrons. The largest absolute Gasteiger partial charge is 0.416 e. The maximum absolute atomic E-state index is 12.8. The highest BCUT2D eigenvalue weighted by Crippen LogP contribution is 2.36. The Bertz CT molecular complexity index is 713. The molecule has 22 heavy (non-hydrogen) atoms. The highest BCUT2D eigenvalue weighted by Gasteiger charge is 2.31. The standard InChI is InChI=1S/C15H12F3NO2S/c16-15(17,18)10-4-5-12-11(8-10)13(6-7-19-12)22-21-14(20)9-2-1-3-9/h4-9H,1-3H2. The number of fused-ring (bicyclic) bond motifs is 1. The summed E-state index contributed by atoms with van der Waals surface area (Å²) in [5, 5.41) is 0.323. The third-order valence-electron chi connectivity index (χ3n) is 3.68. The quantitative estimate of drug-likeness (QED) is 0.772. The Hall–Kier alpha value is -1.76. The average Bonchev–Trinajstić information content (AvgIpc) is 2.41. The van der Waals surface area contributed by atoms with E-state index < -0.39 is 11.7 Å². The van der Waals surface area contributed by atoms with Gasteiger partial charge in [-0.2, -0.15) is 13.2 Å². The van der Waals surface area contributed by atoms with Crippen LogP contribution in [0.5, 0.6) is 0 Å². The predicted molar refractivity (Wildman–Crippen MR) is 76.0 cm³/mol. The second kappa shape index (κ2) is 5.79. The molecular weight excluding hydrogens is 315 g/mol. The van der Waals surface area contributed by atoms with Gasteiger partial charge in [0.05, 0.1) is 33.9 Å². The van der Waals surface area contributed by atoms with Crippen molar-refractivity contribution in [1.82, 2.24) is 4.98 Å². The summed E-state index contributed by atoms with van der Waals surface area (Å²) in [6.07, 6.45) is -0.301. The number of nitrogens with zero attached hydrogens (tertiary/aromatic N) is 1. The van der Waals surface area contributed by atoms with Gasteiger partial charge in [0.1, 0.15) is 0 Å². The number of hydrogen-bond donors (Lipinski definition) is 0. The summed E-state index contributed by atoms with van der Waals surface area (Å²) in [6, 6.07) is 4.88. The first-order valence-electron chi connectivity index (χ1n) is 6.79. The molecule has 1 aliphatic rings. The van der Waals surface area contributed by atoms with Crippen LogP contribution in [0.2, 0.25) is 0 Å². The lowest BCUT2D eigenvalue weighted by Crippen LogP contribution is -2.22. The van der Waals surface area contributed by atoms with E-state index in [-0.39, 0.29) is 11.9 Å². The second-order valence-corrected chi connectivity index (χ2v) is 5.93. The molecule has 0 spiro atoms. The maximum Gasteiger partial charge on any atom is 0.416 e. The Labute approximate surface area is 129 Å². The van der Waals surface area contributed by atoms with Crippen LogP contribution < -0.4 is 0 Å². The van der Waals surface area contributed by atoms with Gasteiger partial charge in [-0.3, -0.25) is 9.78 Å². The van der Waals surface area contributed by atoms with Crippen LogP contribution in [0.3, 0.4) is 0 Å². The fourth-order valence-electron chi connectivity index (χ4n) is 2.17. The molecule has 0 atom stereocenters. The topological polar surface area (TPSA) is 39.2 Å². The van der Waals surface area contributed by atoms with Gasteiger partial charge in [-0.05, 0) is 37.1 Å². The van der Waals surface area contributed by atoms with Crippen molar-refractivity contribution in [3.05, 3.63) is 36.0 Å². The van der Waals surface area contributed by atoms with E-state index in [0.29, 0.717) is 15.8 Å². The van der Waals surface area contributed by atoms with Gasteiger partial charge in [-0.1, -0.05) is 6.42 Å². The van der Waals surface area contributed by atoms with E-state index in [0.717, 1.165) is 43.4 Å². The van der Waals surface area contributed by atoms with Crippen molar-refractivity contribution >= 4 is 28.9 Å².